The van der Waals surface area contributed by atoms with E-state index in [0.717, 1.165) is 5.56 Å². The van der Waals surface area contributed by atoms with Crippen LogP contribution in [0.2, 0.25) is 0 Å². The van der Waals surface area contributed by atoms with Crippen LogP contribution in [0.15, 0.2) is 30.3 Å². The molecule has 0 aliphatic rings. The molecule has 0 heterocycles. The summed E-state index contributed by atoms with van der Waals surface area (Å²) in [5, 5.41) is 26.1. The largest absolute Gasteiger partial charge is 0.480 e. The van der Waals surface area contributed by atoms with Crippen molar-refractivity contribution in [2.45, 2.75) is 51.4 Å². The van der Waals surface area contributed by atoms with Crippen LogP contribution in [0.25, 0.3) is 0 Å². The number of rotatable bonds is 11. The molecule has 10 nitrogen and oxygen atoms in total. The molecular formula is C20H30N4O6. The normalized spacial score (nSPS) is 14.9. The van der Waals surface area contributed by atoms with Crippen molar-refractivity contribution in [3.05, 3.63) is 35.9 Å². The lowest BCUT2D eigenvalue weighted by molar-refractivity contribution is -0.141. The standard InChI is InChI=1S/C20H30N4O6/c1-11(2)16(21)18(27)24-17(12(3)25)19(28)22-10-15(26)23-14(20(29)30)9-13-7-5-4-6-8-13/h4-8,11-12,14,16-17,25H,9-10,21H2,1-3H3,(H,22,28)(H,23,26)(H,24,27)(H,29,30). The van der Waals surface area contributed by atoms with Gasteiger partial charge in [-0.2, -0.15) is 0 Å². The van der Waals surface area contributed by atoms with Crippen LogP contribution in [0.5, 0.6) is 0 Å². The number of aliphatic hydroxyl groups is 1. The molecule has 1 aromatic carbocycles. The number of nitrogens with two attached hydrogens (primary N) is 1. The maximum Gasteiger partial charge on any atom is 0.326 e. The molecule has 166 valence electrons. The minimum atomic E-state index is -1.31. The first-order valence-electron chi connectivity index (χ1n) is 9.60. The Bertz CT molecular complexity index is 738. The van der Waals surface area contributed by atoms with Gasteiger partial charge in [-0.15, -0.1) is 0 Å². The zero-order valence-electron chi connectivity index (χ0n) is 17.3. The third-order valence-corrected chi connectivity index (χ3v) is 4.42. The molecule has 0 bridgehead atoms. The molecule has 0 saturated carbocycles. The van der Waals surface area contributed by atoms with Gasteiger partial charge in [-0.25, -0.2) is 4.79 Å². The first-order valence-corrected chi connectivity index (χ1v) is 9.60. The van der Waals surface area contributed by atoms with Crippen LogP contribution in [0.4, 0.5) is 0 Å². The molecule has 10 heteroatoms. The van der Waals surface area contributed by atoms with Gasteiger partial charge in [0, 0.05) is 6.42 Å². The number of amides is 3. The Morgan fingerprint density at radius 3 is 2.10 bits per heavy atom. The number of hydrogen-bond donors (Lipinski definition) is 6. The van der Waals surface area contributed by atoms with Crippen LogP contribution in [-0.2, 0) is 25.6 Å². The van der Waals surface area contributed by atoms with Crippen molar-refractivity contribution in [1.29, 1.82) is 0 Å². The summed E-state index contributed by atoms with van der Waals surface area (Å²) in [5.41, 5.74) is 6.46. The summed E-state index contributed by atoms with van der Waals surface area (Å²) in [6.45, 7) is 4.26. The van der Waals surface area contributed by atoms with Crippen molar-refractivity contribution in [2.75, 3.05) is 6.54 Å². The van der Waals surface area contributed by atoms with Crippen molar-refractivity contribution < 1.29 is 29.4 Å². The van der Waals surface area contributed by atoms with Gasteiger partial charge in [0.25, 0.3) is 0 Å². The van der Waals surface area contributed by atoms with E-state index in [4.69, 9.17) is 5.73 Å². The number of carbonyl (C=O) groups is 4. The van der Waals surface area contributed by atoms with Gasteiger partial charge < -0.3 is 31.9 Å². The lowest BCUT2D eigenvalue weighted by Crippen LogP contribution is -2.57. The fourth-order valence-electron chi connectivity index (χ4n) is 2.53. The van der Waals surface area contributed by atoms with E-state index in [0.29, 0.717) is 0 Å². The Balaban J connectivity index is 2.64. The number of aliphatic hydroxyl groups excluding tert-OH is 1. The molecule has 0 saturated heterocycles. The molecule has 1 rings (SSSR count). The van der Waals surface area contributed by atoms with Crippen LogP contribution < -0.4 is 21.7 Å². The molecule has 4 unspecified atom stereocenters. The number of aliphatic carboxylic acids is 1. The minimum Gasteiger partial charge on any atom is -0.480 e. The summed E-state index contributed by atoms with van der Waals surface area (Å²) < 4.78 is 0. The summed E-state index contributed by atoms with van der Waals surface area (Å²) in [5.74, 6) is -3.51. The van der Waals surface area contributed by atoms with Crippen molar-refractivity contribution >= 4 is 23.7 Å². The number of hydrogen-bond acceptors (Lipinski definition) is 6. The first kappa shape index (κ1) is 25.1. The minimum absolute atomic E-state index is 0.0787. The zero-order chi connectivity index (χ0) is 22.8. The Morgan fingerprint density at radius 1 is 1.00 bits per heavy atom. The summed E-state index contributed by atoms with van der Waals surface area (Å²) in [6.07, 6.45) is -1.16. The second kappa shape index (κ2) is 11.9. The van der Waals surface area contributed by atoms with Crippen molar-refractivity contribution in [3.63, 3.8) is 0 Å². The monoisotopic (exact) mass is 422 g/mol. The molecule has 1 aromatic rings. The lowest BCUT2D eigenvalue weighted by atomic mass is 10.0. The molecule has 0 aliphatic carbocycles. The predicted molar refractivity (Wildman–Crippen MR) is 109 cm³/mol. The molecule has 7 N–H and O–H groups in total. The van der Waals surface area contributed by atoms with Gasteiger partial charge in [0.05, 0.1) is 18.7 Å². The fraction of sp³-hybridized carbons (Fsp3) is 0.500. The first-order chi connectivity index (χ1) is 14.0. The number of nitrogens with one attached hydrogen (secondary N) is 3. The molecule has 3 amide bonds. The van der Waals surface area contributed by atoms with E-state index in [1.807, 2.05) is 0 Å². The van der Waals surface area contributed by atoms with Gasteiger partial charge in [0.15, 0.2) is 0 Å². The molecule has 0 aliphatic heterocycles. The molecule has 0 fully saturated rings. The van der Waals surface area contributed by atoms with E-state index in [9.17, 15) is 29.4 Å². The maximum absolute atomic E-state index is 12.3. The van der Waals surface area contributed by atoms with E-state index in [-0.39, 0.29) is 12.3 Å². The van der Waals surface area contributed by atoms with E-state index in [1.165, 1.54) is 6.92 Å². The summed E-state index contributed by atoms with van der Waals surface area (Å²) >= 11 is 0. The topological polar surface area (TPSA) is 171 Å². The number of benzene rings is 1. The molecular weight excluding hydrogens is 392 g/mol. The summed E-state index contributed by atoms with van der Waals surface area (Å²) in [6, 6.07) is 5.43. The average Bonchev–Trinajstić information content (AvgIpc) is 2.69. The third-order valence-electron chi connectivity index (χ3n) is 4.42. The second-order valence-corrected chi connectivity index (χ2v) is 7.36. The molecule has 4 atom stereocenters. The van der Waals surface area contributed by atoms with E-state index in [2.05, 4.69) is 16.0 Å². The van der Waals surface area contributed by atoms with Gasteiger partial charge >= 0.3 is 5.97 Å². The Kier molecular flexibility index (Phi) is 9.93. The zero-order valence-corrected chi connectivity index (χ0v) is 17.3. The van der Waals surface area contributed by atoms with Gasteiger partial charge in [-0.1, -0.05) is 44.2 Å². The van der Waals surface area contributed by atoms with Gasteiger partial charge in [0.1, 0.15) is 12.1 Å². The molecule has 0 spiro atoms. The molecule has 30 heavy (non-hydrogen) atoms. The van der Waals surface area contributed by atoms with Crippen molar-refractivity contribution in [1.82, 2.24) is 16.0 Å². The Morgan fingerprint density at radius 2 is 1.60 bits per heavy atom. The second-order valence-electron chi connectivity index (χ2n) is 7.36. The lowest BCUT2D eigenvalue weighted by Gasteiger charge is -2.24. The third kappa shape index (κ3) is 8.18. The van der Waals surface area contributed by atoms with Crippen LogP contribution in [0, 0.1) is 5.92 Å². The number of carboxylic acids is 1. The van der Waals surface area contributed by atoms with E-state index in [1.54, 1.807) is 44.2 Å². The highest BCUT2D eigenvalue weighted by Crippen LogP contribution is 2.04. The van der Waals surface area contributed by atoms with Crippen LogP contribution in [0.3, 0.4) is 0 Å². The van der Waals surface area contributed by atoms with E-state index >= 15 is 0 Å². The fourth-order valence-corrected chi connectivity index (χ4v) is 2.53. The van der Waals surface area contributed by atoms with E-state index < -0.39 is 54.5 Å². The number of carbonyl (C=O) groups excluding carboxylic acids is 3. The van der Waals surface area contributed by atoms with Crippen molar-refractivity contribution in [3.8, 4) is 0 Å². The smallest absolute Gasteiger partial charge is 0.326 e. The van der Waals surface area contributed by atoms with Crippen LogP contribution in [0.1, 0.15) is 26.3 Å². The van der Waals surface area contributed by atoms with Crippen LogP contribution in [-0.4, -0.2) is 64.7 Å². The highest BCUT2D eigenvalue weighted by atomic mass is 16.4. The van der Waals surface area contributed by atoms with Gasteiger partial charge in [0.2, 0.25) is 17.7 Å². The highest BCUT2D eigenvalue weighted by molar-refractivity contribution is 5.93. The number of carboxylic acid groups (broad SMARTS) is 1. The quantitative estimate of drug-likeness (QED) is 0.259. The van der Waals surface area contributed by atoms with Gasteiger partial charge in [-0.3, -0.25) is 14.4 Å². The maximum atomic E-state index is 12.3. The molecule has 0 radical (unpaired) electrons. The van der Waals surface area contributed by atoms with Gasteiger partial charge in [-0.05, 0) is 18.4 Å². The SMILES string of the molecule is CC(C)C(N)C(=O)NC(C(=O)NCC(=O)NC(Cc1ccccc1)C(=O)O)C(C)O. The average molecular weight is 422 g/mol. The molecule has 0 aromatic heterocycles. The Hall–Kier alpha value is -2.98. The van der Waals surface area contributed by atoms with Crippen LogP contribution >= 0.6 is 0 Å². The summed E-state index contributed by atoms with van der Waals surface area (Å²) in [7, 11) is 0. The highest BCUT2D eigenvalue weighted by Gasteiger charge is 2.29. The van der Waals surface area contributed by atoms with Crippen molar-refractivity contribution in [2.24, 2.45) is 11.7 Å². The summed E-state index contributed by atoms with van der Waals surface area (Å²) in [4.78, 5) is 47.9. The Labute approximate surface area is 175 Å². The predicted octanol–water partition coefficient (Wildman–Crippen LogP) is -1.24.